The normalized spacial score (nSPS) is 12.4. The first-order valence-corrected chi connectivity index (χ1v) is 6.03. The van der Waals surface area contributed by atoms with Crippen molar-refractivity contribution >= 4 is 24.9 Å². The van der Waals surface area contributed by atoms with Gasteiger partial charge in [0.05, 0.1) is 6.61 Å². The van der Waals surface area contributed by atoms with Crippen molar-refractivity contribution in [1.29, 1.82) is 0 Å². The van der Waals surface area contributed by atoms with Gasteiger partial charge in [0.2, 0.25) is 0 Å². The molecule has 0 N–H and O–H groups in total. The lowest BCUT2D eigenvalue weighted by molar-refractivity contribution is 0.418. The van der Waals surface area contributed by atoms with Gasteiger partial charge in [0.1, 0.15) is 7.35 Å². The van der Waals surface area contributed by atoms with Crippen molar-refractivity contribution in [3.63, 3.8) is 0 Å². The molecule has 0 bridgehead atoms. The van der Waals surface area contributed by atoms with Gasteiger partial charge in [0.15, 0.2) is 0 Å². The molecular weight excluding hydrogens is 187 g/mol. The van der Waals surface area contributed by atoms with Crippen molar-refractivity contribution in [2.24, 2.45) is 0 Å². The minimum absolute atomic E-state index is 0.560. The summed E-state index contributed by atoms with van der Waals surface area (Å²) in [6.45, 7) is 4.14. The molecule has 0 aliphatic rings. The van der Waals surface area contributed by atoms with Crippen LogP contribution in [-0.2, 0) is 4.52 Å². The van der Waals surface area contributed by atoms with Crippen LogP contribution in [0.25, 0.3) is 0 Å². The second-order valence-corrected chi connectivity index (χ2v) is 4.60. The van der Waals surface area contributed by atoms with E-state index in [1.807, 2.05) is 30.3 Å². The molecular formula is C9H11OPS. The van der Waals surface area contributed by atoms with Gasteiger partial charge in [-0.25, -0.2) is 0 Å². The highest BCUT2D eigenvalue weighted by Gasteiger charge is 2.03. The lowest BCUT2D eigenvalue weighted by Crippen LogP contribution is -1.98. The van der Waals surface area contributed by atoms with Crippen molar-refractivity contribution in [2.45, 2.75) is 0 Å². The molecule has 1 aromatic carbocycles. The molecule has 1 atom stereocenters. The summed E-state index contributed by atoms with van der Waals surface area (Å²) >= 11 is 4.35. The summed E-state index contributed by atoms with van der Waals surface area (Å²) in [4.78, 5) is 0. The van der Waals surface area contributed by atoms with Gasteiger partial charge in [-0.2, -0.15) is 0 Å². The molecule has 0 aliphatic carbocycles. The largest absolute Gasteiger partial charge is 0.340 e. The Morgan fingerprint density at radius 2 is 2.08 bits per heavy atom. The van der Waals surface area contributed by atoms with E-state index in [-0.39, 0.29) is 0 Å². The van der Waals surface area contributed by atoms with E-state index in [1.54, 1.807) is 6.08 Å². The average molecular weight is 198 g/mol. The molecule has 0 fully saturated rings. The van der Waals surface area contributed by atoms with Crippen LogP contribution < -0.4 is 5.30 Å². The Bertz CT molecular complexity index is 238. The van der Waals surface area contributed by atoms with E-state index in [0.717, 1.165) is 5.30 Å². The fourth-order valence-corrected chi connectivity index (χ4v) is 2.18. The van der Waals surface area contributed by atoms with E-state index in [0.29, 0.717) is 6.61 Å². The number of thiol groups is 1. The molecule has 1 rings (SSSR count). The maximum atomic E-state index is 5.39. The second-order valence-electron chi connectivity index (χ2n) is 2.19. The molecule has 12 heavy (non-hydrogen) atoms. The molecule has 1 nitrogen and oxygen atoms in total. The Morgan fingerprint density at radius 1 is 1.42 bits per heavy atom. The Labute approximate surface area is 79.4 Å². The number of benzene rings is 1. The van der Waals surface area contributed by atoms with Crippen LogP contribution >= 0.6 is 19.6 Å². The summed E-state index contributed by atoms with van der Waals surface area (Å²) < 4.78 is 5.39. The maximum absolute atomic E-state index is 5.39. The molecule has 0 heterocycles. The van der Waals surface area contributed by atoms with E-state index in [4.69, 9.17) is 4.52 Å². The first-order valence-electron chi connectivity index (χ1n) is 3.62. The zero-order valence-corrected chi connectivity index (χ0v) is 8.47. The zero-order chi connectivity index (χ0) is 8.81. The predicted octanol–water partition coefficient (Wildman–Crippen LogP) is 2.76. The molecule has 0 saturated heterocycles. The fraction of sp³-hybridized carbons (Fsp3) is 0.111. The Hall–Kier alpha value is -0.300. The quantitative estimate of drug-likeness (QED) is 0.444. The van der Waals surface area contributed by atoms with Crippen LogP contribution in [0.4, 0.5) is 0 Å². The third-order valence-corrected chi connectivity index (χ3v) is 3.46. The smallest absolute Gasteiger partial charge is 0.118 e. The molecule has 0 aromatic heterocycles. The number of hydrogen-bond acceptors (Lipinski definition) is 2. The van der Waals surface area contributed by atoms with Crippen molar-refractivity contribution in [3.05, 3.63) is 43.0 Å². The lowest BCUT2D eigenvalue weighted by atomic mass is 10.4. The average Bonchev–Trinajstić information content (AvgIpc) is 2.15. The summed E-state index contributed by atoms with van der Waals surface area (Å²) in [5.74, 6) is 0. The van der Waals surface area contributed by atoms with Crippen molar-refractivity contribution < 1.29 is 4.52 Å². The van der Waals surface area contributed by atoms with E-state index in [9.17, 15) is 0 Å². The minimum atomic E-state index is -0.758. The molecule has 0 radical (unpaired) electrons. The third kappa shape index (κ3) is 2.98. The molecule has 1 unspecified atom stereocenters. The summed E-state index contributed by atoms with van der Waals surface area (Å²) in [6.07, 6.45) is 1.73. The molecule has 1 aromatic rings. The highest BCUT2D eigenvalue weighted by atomic mass is 32.7. The molecule has 0 saturated carbocycles. The van der Waals surface area contributed by atoms with Gasteiger partial charge in [-0.15, -0.1) is 18.8 Å². The second kappa shape index (κ2) is 5.36. The Balaban J connectivity index is 2.53. The summed E-state index contributed by atoms with van der Waals surface area (Å²) in [5.41, 5.74) is 0. The van der Waals surface area contributed by atoms with Crippen LogP contribution in [0.5, 0.6) is 0 Å². The summed E-state index contributed by atoms with van der Waals surface area (Å²) in [5, 5.41) is 1.14. The Morgan fingerprint density at radius 3 is 2.67 bits per heavy atom. The highest BCUT2D eigenvalue weighted by Crippen LogP contribution is 2.40. The first-order chi connectivity index (χ1) is 5.84. The molecule has 0 aliphatic heterocycles. The van der Waals surface area contributed by atoms with Crippen LogP contribution in [-0.4, -0.2) is 6.61 Å². The van der Waals surface area contributed by atoms with E-state index >= 15 is 0 Å². The van der Waals surface area contributed by atoms with Gasteiger partial charge in [0.25, 0.3) is 0 Å². The van der Waals surface area contributed by atoms with Gasteiger partial charge in [0, 0.05) is 5.30 Å². The van der Waals surface area contributed by atoms with Crippen LogP contribution in [0.2, 0.25) is 0 Å². The molecule has 64 valence electrons. The van der Waals surface area contributed by atoms with E-state index < -0.39 is 7.35 Å². The van der Waals surface area contributed by atoms with Crippen molar-refractivity contribution in [3.8, 4) is 0 Å². The molecule has 3 heteroatoms. The summed E-state index contributed by atoms with van der Waals surface area (Å²) in [7, 11) is -0.758. The summed E-state index contributed by atoms with van der Waals surface area (Å²) in [6, 6.07) is 9.98. The van der Waals surface area contributed by atoms with Gasteiger partial charge in [-0.1, -0.05) is 36.4 Å². The van der Waals surface area contributed by atoms with E-state index in [1.165, 1.54) is 0 Å². The molecule has 0 amide bonds. The predicted molar refractivity (Wildman–Crippen MR) is 58.1 cm³/mol. The SMILES string of the molecule is C=CCOP(S)c1ccccc1. The van der Waals surface area contributed by atoms with Gasteiger partial charge < -0.3 is 4.52 Å². The monoisotopic (exact) mass is 198 g/mol. The first kappa shape index (κ1) is 9.79. The Kier molecular flexibility index (Phi) is 4.37. The standard InChI is InChI=1S/C9H11OPS/c1-2-8-10-11(12)9-6-4-3-5-7-9/h2-7,12H,1,8H2. The minimum Gasteiger partial charge on any atom is -0.340 e. The van der Waals surface area contributed by atoms with Crippen LogP contribution in [0.15, 0.2) is 43.0 Å². The van der Waals surface area contributed by atoms with Crippen LogP contribution in [0.1, 0.15) is 0 Å². The zero-order valence-electron chi connectivity index (χ0n) is 6.68. The van der Waals surface area contributed by atoms with Crippen molar-refractivity contribution in [2.75, 3.05) is 6.61 Å². The van der Waals surface area contributed by atoms with Gasteiger partial charge >= 0.3 is 0 Å². The van der Waals surface area contributed by atoms with Crippen LogP contribution in [0, 0.1) is 0 Å². The molecule has 0 spiro atoms. The third-order valence-electron chi connectivity index (χ3n) is 1.29. The topological polar surface area (TPSA) is 9.23 Å². The van der Waals surface area contributed by atoms with Crippen LogP contribution in [0.3, 0.4) is 0 Å². The number of hydrogen-bond donors (Lipinski definition) is 1. The lowest BCUT2D eigenvalue weighted by Gasteiger charge is -2.09. The van der Waals surface area contributed by atoms with Crippen molar-refractivity contribution in [1.82, 2.24) is 0 Å². The number of rotatable bonds is 4. The van der Waals surface area contributed by atoms with Gasteiger partial charge in [-0.05, 0) is 0 Å². The van der Waals surface area contributed by atoms with Gasteiger partial charge in [-0.3, -0.25) is 0 Å². The maximum Gasteiger partial charge on any atom is 0.118 e. The fourth-order valence-electron chi connectivity index (χ4n) is 0.753. The van der Waals surface area contributed by atoms with E-state index in [2.05, 4.69) is 18.8 Å². The highest BCUT2D eigenvalue weighted by molar-refractivity contribution is 8.46.